The Hall–Kier alpha value is -1.78. The first kappa shape index (κ1) is 15.6. The predicted octanol–water partition coefficient (Wildman–Crippen LogP) is 3.52. The third-order valence-corrected chi connectivity index (χ3v) is 3.21. The van der Waals surface area contributed by atoms with Crippen LogP contribution in [0.15, 0.2) is 40.8 Å². The number of methoxy groups -OCH3 is 1. The number of nitrogens with one attached hydrogen (secondary N) is 1. The topological polar surface area (TPSA) is 43.6 Å². The van der Waals surface area contributed by atoms with E-state index >= 15 is 0 Å². The van der Waals surface area contributed by atoms with Gasteiger partial charge in [-0.15, -0.1) is 0 Å². The van der Waals surface area contributed by atoms with E-state index < -0.39 is 0 Å². The Morgan fingerprint density at radius 2 is 2.10 bits per heavy atom. The van der Waals surface area contributed by atoms with Crippen LogP contribution < -0.4 is 10.1 Å². The van der Waals surface area contributed by atoms with Gasteiger partial charge in [0.05, 0.1) is 12.6 Å². The molecular formula is C17H23NO3. The molecule has 0 saturated carbocycles. The van der Waals surface area contributed by atoms with Crippen LogP contribution in [-0.2, 0) is 11.3 Å². The van der Waals surface area contributed by atoms with Crippen molar-refractivity contribution in [3.05, 3.63) is 53.5 Å². The first-order valence-electron chi connectivity index (χ1n) is 7.26. The van der Waals surface area contributed by atoms with Crippen LogP contribution in [0.25, 0.3) is 0 Å². The number of hydrogen-bond acceptors (Lipinski definition) is 4. The lowest BCUT2D eigenvalue weighted by Crippen LogP contribution is -2.17. The van der Waals surface area contributed by atoms with Crippen molar-refractivity contribution >= 4 is 0 Å². The van der Waals surface area contributed by atoms with Crippen LogP contribution in [0.4, 0.5) is 0 Å². The molecule has 1 unspecified atom stereocenters. The summed E-state index contributed by atoms with van der Waals surface area (Å²) in [5.74, 6) is 2.58. The molecule has 2 rings (SSSR count). The van der Waals surface area contributed by atoms with E-state index in [1.54, 1.807) is 7.11 Å². The SMILES string of the molecule is CCCOc1cccc(C(NC)c2ccc(COC)o2)c1. The Kier molecular flexibility index (Phi) is 5.84. The summed E-state index contributed by atoms with van der Waals surface area (Å²) in [6.07, 6.45) is 0.998. The fourth-order valence-electron chi connectivity index (χ4n) is 2.25. The highest BCUT2D eigenvalue weighted by Crippen LogP contribution is 2.26. The molecule has 4 nitrogen and oxygen atoms in total. The Bertz CT molecular complexity index is 550. The van der Waals surface area contributed by atoms with Gasteiger partial charge >= 0.3 is 0 Å². The lowest BCUT2D eigenvalue weighted by atomic mass is 10.0. The van der Waals surface area contributed by atoms with Crippen LogP contribution in [0.1, 0.15) is 36.5 Å². The van der Waals surface area contributed by atoms with Gasteiger partial charge in [0.2, 0.25) is 0 Å². The van der Waals surface area contributed by atoms with Gasteiger partial charge in [0.25, 0.3) is 0 Å². The third-order valence-electron chi connectivity index (χ3n) is 3.21. The van der Waals surface area contributed by atoms with Crippen LogP contribution in [0, 0.1) is 0 Å². The molecule has 0 saturated heterocycles. The molecule has 114 valence electrons. The van der Waals surface area contributed by atoms with Crippen molar-refractivity contribution in [1.29, 1.82) is 0 Å². The van der Waals surface area contributed by atoms with E-state index in [4.69, 9.17) is 13.9 Å². The van der Waals surface area contributed by atoms with E-state index in [2.05, 4.69) is 24.4 Å². The summed E-state index contributed by atoms with van der Waals surface area (Å²) in [5.41, 5.74) is 1.12. The van der Waals surface area contributed by atoms with Gasteiger partial charge in [-0.2, -0.15) is 0 Å². The smallest absolute Gasteiger partial charge is 0.129 e. The average molecular weight is 289 g/mol. The maximum absolute atomic E-state index is 5.82. The van der Waals surface area contributed by atoms with E-state index in [0.717, 1.165) is 35.9 Å². The van der Waals surface area contributed by atoms with Crippen LogP contribution in [0.5, 0.6) is 5.75 Å². The quantitative estimate of drug-likeness (QED) is 0.807. The normalized spacial score (nSPS) is 12.3. The molecule has 1 aromatic heterocycles. The molecule has 0 radical (unpaired) electrons. The Balaban J connectivity index is 2.19. The summed E-state index contributed by atoms with van der Waals surface area (Å²) in [4.78, 5) is 0. The Morgan fingerprint density at radius 1 is 1.24 bits per heavy atom. The largest absolute Gasteiger partial charge is 0.494 e. The minimum Gasteiger partial charge on any atom is -0.494 e. The lowest BCUT2D eigenvalue weighted by molar-refractivity contribution is 0.162. The van der Waals surface area contributed by atoms with Gasteiger partial charge in [0, 0.05) is 7.11 Å². The van der Waals surface area contributed by atoms with Gasteiger partial charge in [-0.3, -0.25) is 0 Å². The van der Waals surface area contributed by atoms with Gasteiger partial charge in [0.1, 0.15) is 23.9 Å². The minimum atomic E-state index is 0.000725. The zero-order valence-electron chi connectivity index (χ0n) is 12.9. The predicted molar refractivity (Wildman–Crippen MR) is 82.6 cm³/mol. The summed E-state index contributed by atoms with van der Waals surface area (Å²) in [5, 5.41) is 3.28. The third kappa shape index (κ3) is 4.09. The highest BCUT2D eigenvalue weighted by atomic mass is 16.5. The molecule has 0 aliphatic rings. The molecule has 0 spiro atoms. The van der Waals surface area contributed by atoms with Crippen molar-refractivity contribution in [3.63, 3.8) is 0 Å². The Labute approximate surface area is 126 Å². The second-order valence-electron chi connectivity index (χ2n) is 4.88. The summed E-state index contributed by atoms with van der Waals surface area (Å²) >= 11 is 0. The van der Waals surface area contributed by atoms with Crippen molar-refractivity contribution in [2.75, 3.05) is 20.8 Å². The average Bonchev–Trinajstić information content (AvgIpc) is 2.95. The first-order valence-corrected chi connectivity index (χ1v) is 7.26. The van der Waals surface area contributed by atoms with Gasteiger partial charge < -0.3 is 19.2 Å². The van der Waals surface area contributed by atoms with E-state index in [-0.39, 0.29) is 6.04 Å². The summed E-state index contributed by atoms with van der Waals surface area (Å²) in [6.45, 7) is 3.31. The summed E-state index contributed by atoms with van der Waals surface area (Å²) in [6, 6.07) is 12.0. The molecular weight excluding hydrogens is 266 g/mol. The van der Waals surface area contributed by atoms with Gasteiger partial charge in [-0.1, -0.05) is 19.1 Å². The highest BCUT2D eigenvalue weighted by Gasteiger charge is 2.16. The lowest BCUT2D eigenvalue weighted by Gasteiger charge is -2.15. The molecule has 0 amide bonds. The minimum absolute atomic E-state index is 0.000725. The highest BCUT2D eigenvalue weighted by molar-refractivity contribution is 5.34. The fourth-order valence-corrected chi connectivity index (χ4v) is 2.25. The van der Waals surface area contributed by atoms with Crippen molar-refractivity contribution in [2.24, 2.45) is 0 Å². The molecule has 0 aliphatic heterocycles. The molecule has 0 fully saturated rings. The number of benzene rings is 1. The van der Waals surface area contributed by atoms with Crippen molar-refractivity contribution in [2.45, 2.75) is 26.0 Å². The molecule has 1 aromatic carbocycles. The zero-order chi connectivity index (χ0) is 15.1. The van der Waals surface area contributed by atoms with E-state index in [9.17, 15) is 0 Å². The van der Waals surface area contributed by atoms with Crippen molar-refractivity contribution < 1.29 is 13.9 Å². The molecule has 2 aromatic rings. The van der Waals surface area contributed by atoms with Gasteiger partial charge in [-0.05, 0) is 43.3 Å². The maximum atomic E-state index is 5.82. The standard InChI is InChI=1S/C17H23NO3/c1-4-10-20-14-7-5-6-13(11-14)17(18-2)16-9-8-15(21-16)12-19-3/h5-9,11,17-18H,4,10,12H2,1-3H3. The Morgan fingerprint density at radius 3 is 2.81 bits per heavy atom. The van der Waals surface area contributed by atoms with Crippen LogP contribution in [0.3, 0.4) is 0 Å². The molecule has 1 heterocycles. The molecule has 0 bridgehead atoms. The monoisotopic (exact) mass is 289 g/mol. The van der Waals surface area contributed by atoms with Crippen molar-refractivity contribution in [1.82, 2.24) is 5.32 Å². The maximum Gasteiger partial charge on any atom is 0.129 e. The van der Waals surface area contributed by atoms with Crippen LogP contribution in [0.2, 0.25) is 0 Å². The van der Waals surface area contributed by atoms with E-state index in [1.807, 2.05) is 31.3 Å². The summed E-state index contributed by atoms with van der Waals surface area (Å²) < 4.78 is 16.6. The van der Waals surface area contributed by atoms with Crippen LogP contribution in [-0.4, -0.2) is 20.8 Å². The second-order valence-corrected chi connectivity index (χ2v) is 4.88. The van der Waals surface area contributed by atoms with E-state index in [0.29, 0.717) is 6.61 Å². The molecule has 21 heavy (non-hydrogen) atoms. The number of hydrogen-bond donors (Lipinski definition) is 1. The number of rotatable bonds is 8. The zero-order valence-corrected chi connectivity index (χ0v) is 12.9. The van der Waals surface area contributed by atoms with Crippen LogP contribution >= 0.6 is 0 Å². The molecule has 0 aliphatic carbocycles. The summed E-state index contributed by atoms with van der Waals surface area (Å²) in [7, 11) is 3.58. The molecule has 1 N–H and O–H groups in total. The number of ether oxygens (including phenoxy) is 2. The molecule has 4 heteroatoms. The second kappa shape index (κ2) is 7.86. The fraction of sp³-hybridized carbons (Fsp3) is 0.412. The number of furan rings is 1. The van der Waals surface area contributed by atoms with E-state index in [1.165, 1.54) is 0 Å². The first-order chi connectivity index (χ1) is 10.3. The van der Waals surface area contributed by atoms with Gasteiger partial charge in [0.15, 0.2) is 0 Å². The molecule has 1 atom stereocenters. The van der Waals surface area contributed by atoms with Gasteiger partial charge in [-0.25, -0.2) is 0 Å². The van der Waals surface area contributed by atoms with Crippen molar-refractivity contribution in [3.8, 4) is 5.75 Å².